The Bertz CT molecular complexity index is 136. The minimum atomic E-state index is -0.704. The molecule has 3 heteroatoms. The molecule has 1 saturated heterocycles. The van der Waals surface area contributed by atoms with E-state index in [-0.39, 0.29) is 6.04 Å². The van der Waals surface area contributed by atoms with E-state index in [2.05, 4.69) is 5.32 Å². The van der Waals surface area contributed by atoms with Crippen LogP contribution >= 0.6 is 0 Å². The molecule has 1 aliphatic rings. The zero-order valence-corrected chi connectivity index (χ0v) is 6.13. The third-order valence-electron chi connectivity index (χ3n) is 2.14. The highest BCUT2D eigenvalue weighted by Crippen LogP contribution is 2.18. The van der Waals surface area contributed by atoms with Crippen LogP contribution in [0, 0.1) is 5.92 Å². The zero-order valence-electron chi connectivity index (χ0n) is 6.13. The van der Waals surface area contributed by atoms with Gasteiger partial charge < -0.3 is 10.4 Å². The largest absolute Gasteiger partial charge is 0.480 e. The van der Waals surface area contributed by atoms with Crippen LogP contribution in [0.4, 0.5) is 0 Å². The average Bonchev–Trinajstić information content (AvgIpc) is 2.33. The summed E-state index contributed by atoms with van der Waals surface area (Å²) in [6, 6.07) is -0.287. The van der Waals surface area contributed by atoms with Gasteiger partial charge in [0.15, 0.2) is 0 Å². The van der Waals surface area contributed by atoms with Crippen LogP contribution in [-0.2, 0) is 4.79 Å². The first-order valence-electron chi connectivity index (χ1n) is 3.72. The molecule has 10 heavy (non-hydrogen) atoms. The van der Waals surface area contributed by atoms with Crippen molar-refractivity contribution in [2.45, 2.75) is 25.8 Å². The Morgan fingerprint density at radius 2 is 2.50 bits per heavy atom. The molecule has 1 unspecified atom stereocenters. The number of hydrogen-bond donors (Lipinski definition) is 2. The molecule has 0 aromatic carbocycles. The normalized spacial score (nSPS) is 32.5. The Kier molecular flexibility index (Phi) is 2.27. The number of nitrogens with one attached hydrogen (secondary N) is 1. The fourth-order valence-corrected chi connectivity index (χ4v) is 1.49. The summed E-state index contributed by atoms with van der Waals surface area (Å²) in [7, 11) is 0. The molecule has 0 aromatic heterocycles. The highest BCUT2D eigenvalue weighted by atomic mass is 16.4. The number of hydrogen-bond acceptors (Lipinski definition) is 2. The Hall–Kier alpha value is -0.570. The van der Waals surface area contributed by atoms with Crippen molar-refractivity contribution in [3.05, 3.63) is 0 Å². The van der Waals surface area contributed by atoms with Gasteiger partial charge in [-0.3, -0.25) is 4.79 Å². The quantitative estimate of drug-likeness (QED) is 0.590. The standard InChI is InChI=1S/C7H13NO2/c1-2-5-3-4-8-6(5)7(9)10/h5-6,8H,2-4H2,1H3,(H,9,10)/t5?,6-/m0/s1. The molecule has 0 amide bonds. The molecule has 1 fully saturated rings. The second-order valence-electron chi connectivity index (χ2n) is 2.73. The second-order valence-corrected chi connectivity index (χ2v) is 2.73. The average molecular weight is 143 g/mol. The van der Waals surface area contributed by atoms with E-state index in [0.29, 0.717) is 5.92 Å². The number of carboxylic acid groups (broad SMARTS) is 1. The van der Waals surface area contributed by atoms with E-state index in [1.165, 1.54) is 0 Å². The van der Waals surface area contributed by atoms with Crippen LogP contribution in [0.1, 0.15) is 19.8 Å². The molecule has 0 saturated carbocycles. The minimum absolute atomic E-state index is 0.287. The topological polar surface area (TPSA) is 49.3 Å². The number of aliphatic carboxylic acids is 1. The summed E-state index contributed by atoms with van der Waals surface area (Å²) in [5, 5.41) is 11.6. The summed E-state index contributed by atoms with van der Waals surface area (Å²) in [6.07, 6.45) is 1.97. The SMILES string of the molecule is CCC1CCN[C@@H]1C(=O)O. The highest BCUT2D eigenvalue weighted by molar-refractivity contribution is 5.74. The van der Waals surface area contributed by atoms with E-state index in [1.807, 2.05) is 6.92 Å². The van der Waals surface area contributed by atoms with Crippen molar-refractivity contribution in [2.75, 3.05) is 6.54 Å². The monoisotopic (exact) mass is 143 g/mol. The van der Waals surface area contributed by atoms with Gasteiger partial charge >= 0.3 is 5.97 Å². The maximum Gasteiger partial charge on any atom is 0.320 e. The van der Waals surface area contributed by atoms with Crippen LogP contribution < -0.4 is 5.32 Å². The fraction of sp³-hybridized carbons (Fsp3) is 0.857. The van der Waals surface area contributed by atoms with Crippen LogP contribution in [-0.4, -0.2) is 23.7 Å². The van der Waals surface area contributed by atoms with Gasteiger partial charge in [-0.05, 0) is 18.9 Å². The third kappa shape index (κ3) is 1.29. The van der Waals surface area contributed by atoms with Gasteiger partial charge in [-0.15, -0.1) is 0 Å². The molecular weight excluding hydrogens is 130 g/mol. The van der Waals surface area contributed by atoms with E-state index in [4.69, 9.17) is 5.11 Å². The molecule has 0 aromatic rings. The van der Waals surface area contributed by atoms with Crippen LogP contribution in [0.15, 0.2) is 0 Å². The maximum atomic E-state index is 10.5. The van der Waals surface area contributed by atoms with Gasteiger partial charge in [0, 0.05) is 0 Å². The summed E-state index contributed by atoms with van der Waals surface area (Å²) >= 11 is 0. The maximum absolute atomic E-state index is 10.5. The molecule has 2 N–H and O–H groups in total. The van der Waals surface area contributed by atoms with Crippen molar-refractivity contribution in [3.63, 3.8) is 0 Å². The fourth-order valence-electron chi connectivity index (χ4n) is 1.49. The predicted octanol–water partition coefficient (Wildman–Crippen LogP) is 0.459. The van der Waals surface area contributed by atoms with Gasteiger partial charge in [0.25, 0.3) is 0 Å². The van der Waals surface area contributed by atoms with Crippen LogP contribution in [0.5, 0.6) is 0 Å². The number of carbonyl (C=O) groups is 1. The Morgan fingerprint density at radius 3 is 2.90 bits per heavy atom. The predicted molar refractivity (Wildman–Crippen MR) is 37.8 cm³/mol. The summed E-state index contributed by atoms with van der Waals surface area (Å²) < 4.78 is 0. The van der Waals surface area contributed by atoms with Crippen molar-refractivity contribution in [3.8, 4) is 0 Å². The van der Waals surface area contributed by atoms with Gasteiger partial charge in [-0.1, -0.05) is 13.3 Å². The summed E-state index contributed by atoms with van der Waals surface area (Å²) in [5.74, 6) is -0.359. The Balaban J connectivity index is 2.50. The second kappa shape index (κ2) is 3.01. The minimum Gasteiger partial charge on any atom is -0.480 e. The first-order valence-corrected chi connectivity index (χ1v) is 3.72. The van der Waals surface area contributed by atoms with Crippen molar-refractivity contribution < 1.29 is 9.90 Å². The van der Waals surface area contributed by atoms with E-state index < -0.39 is 5.97 Å². The lowest BCUT2D eigenvalue weighted by atomic mass is 9.98. The van der Waals surface area contributed by atoms with Crippen LogP contribution in [0.25, 0.3) is 0 Å². The lowest BCUT2D eigenvalue weighted by Crippen LogP contribution is -2.35. The number of rotatable bonds is 2. The van der Waals surface area contributed by atoms with Crippen LogP contribution in [0.3, 0.4) is 0 Å². The van der Waals surface area contributed by atoms with Crippen molar-refractivity contribution in [1.82, 2.24) is 5.32 Å². The first kappa shape index (κ1) is 7.54. The molecule has 1 aliphatic heterocycles. The lowest BCUT2D eigenvalue weighted by molar-refractivity contribution is -0.140. The van der Waals surface area contributed by atoms with E-state index in [1.54, 1.807) is 0 Å². The van der Waals surface area contributed by atoms with Crippen molar-refractivity contribution >= 4 is 5.97 Å². The molecular formula is C7H13NO2. The van der Waals surface area contributed by atoms with E-state index in [9.17, 15) is 4.79 Å². The van der Waals surface area contributed by atoms with Crippen molar-refractivity contribution in [2.24, 2.45) is 5.92 Å². The highest BCUT2D eigenvalue weighted by Gasteiger charge is 2.30. The molecule has 0 aliphatic carbocycles. The Morgan fingerprint density at radius 1 is 1.80 bits per heavy atom. The molecule has 1 heterocycles. The molecule has 58 valence electrons. The summed E-state index contributed by atoms with van der Waals surface area (Å²) in [5.41, 5.74) is 0. The van der Waals surface area contributed by atoms with Gasteiger partial charge in [-0.2, -0.15) is 0 Å². The van der Waals surface area contributed by atoms with Crippen LogP contribution in [0.2, 0.25) is 0 Å². The Labute approximate surface area is 60.4 Å². The molecule has 1 rings (SSSR count). The van der Waals surface area contributed by atoms with Gasteiger partial charge in [0.2, 0.25) is 0 Å². The van der Waals surface area contributed by atoms with Gasteiger partial charge in [-0.25, -0.2) is 0 Å². The smallest absolute Gasteiger partial charge is 0.320 e. The third-order valence-corrected chi connectivity index (χ3v) is 2.14. The summed E-state index contributed by atoms with van der Waals surface area (Å²) in [6.45, 7) is 2.89. The van der Waals surface area contributed by atoms with E-state index >= 15 is 0 Å². The summed E-state index contributed by atoms with van der Waals surface area (Å²) in [4.78, 5) is 10.5. The zero-order chi connectivity index (χ0) is 7.56. The first-order chi connectivity index (χ1) is 4.75. The number of carboxylic acids is 1. The molecule has 0 radical (unpaired) electrons. The van der Waals surface area contributed by atoms with Gasteiger partial charge in [0.05, 0.1) is 0 Å². The van der Waals surface area contributed by atoms with Crippen molar-refractivity contribution in [1.29, 1.82) is 0 Å². The molecule has 2 atom stereocenters. The lowest BCUT2D eigenvalue weighted by Gasteiger charge is -2.11. The molecule has 0 bridgehead atoms. The van der Waals surface area contributed by atoms with E-state index in [0.717, 1.165) is 19.4 Å². The van der Waals surface area contributed by atoms with Gasteiger partial charge in [0.1, 0.15) is 6.04 Å². The molecule has 0 spiro atoms. The molecule has 3 nitrogen and oxygen atoms in total.